The lowest BCUT2D eigenvalue weighted by Crippen LogP contribution is -2.17. The summed E-state index contributed by atoms with van der Waals surface area (Å²) in [4.78, 5) is 25.4. The normalized spacial score (nSPS) is 13.2. The van der Waals surface area contributed by atoms with E-state index in [4.69, 9.17) is 0 Å². The van der Waals surface area contributed by atoms with Gasteiger partial charge in [0.2, 0.25) is 0 Å². The standard InChI is InChI=1S/C34H26O2/c1-22(33(35)16-12-23-10-14-31-27(18-23)20-25-6-2-4-8-29(25)31)34(36)17-13-24-11-15-32-28(19-24)21-26-7-3-5-9-30(26)32/h2-19,22H,20-21H2,1H3/b16-12+,17-13+. The molecule has 0 amide bonds. The molecule has 0 bridgehead atoms. The van der Waals surface area contributed by atoms with E-state index in [0.29, 0.717) is 0 Å². The second kappa shape index (κ2) is 9.05. The Balaban J connectivity index is 1.11. The Hall–Kier alpha value is -4.30. The van der Waals surface area contributed by atoms with Crippen molar-refractivity contribution >= 4 is 23.7 Å². The summed E-state index contributed by atoms with van der Waals surface area (Å²) in [5.41, 5.74) is 12.3. The lowest BCUT2D eigenvalue weighted by molar-refractivity contribution is -0.126. The van der Waals surface area contributed by atoms with Crippen molar-refractivity contribution in [2.24, 2.45) is 5.92 Å². The Morgan fingerprint density at radius 3 is 1.47 bits per heavy atom. The summed E-state index contributed by atoms with van der Waals surface area (Å²) in [6.07, 6.45) is 8.53. The van der Waals surface area contributed by atoms with Crippen molar-refractivity contribution in [3.05, 3.63) is 130 Å². The minimum absolute atomic E-state index is 0.183. The van der Waals surface area contributed by atoms with E-state index in [2.05, 4.69) is 72.8 Å². The maximum atomic E-state index is 12.7. The predicted molar refractivity (Wildman–Crippen MR) is 147 cm³/mol. The molecule has 0 N–H and O–H groups in total. The van der Waals surface area contributed by atoms with Crippen molar-refractivity contribution in [2.75, 3.05) is 0 Å². The first-order chi connectivity index (χ1) is 17.6. The predicted octanol–water partition coefficient (Wildman–Crippen LogP) is 7.33. The number of benzene rings is 4. The Morgan fingerprint density at radius 2 is 1.00 bits per heavy atom. The van der Waals surface area contributed by atoms with Gasteiger partial charge < -0.3 is 0 Å². The number of hydrogen-bond acceptors (Lipinski definition) is 2. The highest BCUT2D eigenvalue weighted by Crippen LogP contribution is 2.38. The van der Waals surface area contributed by atoms with Gasteiger partial charge in [0.15, 0.2) is 11.6 Å². The van der Waals surface area contributed by atoms with Crippen molar-refractivity contribution in [3.8, 4) is 22.3 Å². The average molecular weight is 467 g/mol. The molecule has 0 fully saturated rings. The molecule has 174 valence electrons. The Labute approximate surface area is 211 Å². The molecule has 0 unspecified atom stereocenters. The van der Waals surface area contributed by atoms with Gasteiger partial charge in [0.05, 0.1) is 5.92 Å². The largest absolute Gasteiger partial charge is 0.294 e. The molecule has 4 aromatic rings. The van der Waals surface area contributed by atoms with Gasteiger partial charge in [-0.2, -0.15) is 0 Å². The smallest absolute Gasteiger partial charge is 0.166 e. The number of carbonyl (C=O) groups is 2. The molecule has 2 nitrogen and oxygen atoms in total. The Morgan fingerprint density at radius 1 is 0.583 bits per heavy atom. The summed E-state index contributed by atoms with van der Waals surface area (Å²) in [7, 11) is 0. The van der Waals surface area contributed by atoms with Gasteiger partial charge in [-0.1, -0.05) is 97.1 Å². The highest BCUT2D eigenvalue weighted by atomic mass is 16.1. The quantitative estimate of drug-likeness (QED) is 0.190. The van der Waals surface area contributed by atoms with Crippen LogP contribution in [0.4, 0.5) is 0 Å². The summed E-state index contributed by atoms with van der Waals surface area (Å²) in [6.45, 7) is 1.68. The number of ketones is 2. The van der Waals surface area contributed by atoms with Crippen LogP contribution >= 0.6 is 0 Å². The van der Waals surface area contributed by atoms with Crippen molar-refractivity contribution in [1.82, 2.24) is 0 Å². The molecule has 0 spiro atoms. The summed E-state index contributed by atoms with van der Waals surface area (Å²) in [6, 6.07) is 29.5. The van der Waals surface area contributed by atoms with E-state index < -0.39 is 5.92 Å². The molecule has 0 radical (unpaired) electrons. The topological polar surface area (TPSA) is 34.1 Å². The monoisotopic (exact) mass is 466 g/mol. The molecule has 0 heterocycles. The summed E-state index contributed by atoms with van der Waals surface area (Å²) < 4.78 is 0. The number of fused-ring (bicyclic) bond motifs is 6. The van der Waals surface area contributed by atoms with E-state index in [1.165, 1.54) is 56.7 Å². The molecule has 0 saturated carbocycles. The van der Waals surface area contributed by atoms with Crippen LogP contribution in [-0.2, 0) is 22.4 Å². The van der Waals surface area contributed by atoms with E-state index in [1.807, 2.05) is 24.3 Å². The first-order valence-corrected chi connectivity index (χ1v) is 12.4. The maximum absolute atomic E-state index is 12.7. The van der Waals surface area contributed by atoms with Crippen LogP contribution in [0.5, 0.6) is 0 Å². The molecule has 4 aromatic carbocycles. The minimum atomic E-state index is -0.713. The van der Waals surface area contributed by atoms with Crippen LogP contribution in [-0.4, -0.2) is 11.6 Å². The fourth-order valence-electron chi connectivity index (χ4n) is 5.32. The van der Waals surface area contributed by atoms with Gasteiger partial charge >= 0.3 is 0 Å². The third-order valence-corrected chi connectivity index (χ3v) is 7.37. The lowest BCUT2D eigenvalue weighted by atomic mass is 9.98. The molecule has 0 saturated heterocycles. The first-order valence-electron chi connectivity index (χ1n) is 12.4. The third-order valence-electron chi connectivity index (χ3n) is 7.37. The van der Waals surface area contributed by atoms with Crippen LogP contribution in [0.2, 0.25) is 0 Å². The lowest BCUT2D eigenvalue weighted by Gasteiger charge is -2.05. The molecule has 36 heavy (non-hydrogen) atoms. The summed E-state index contributed by atoms with van der Waals surface area (Å²) in [5.74, 6) is -1.08. The molecular formula is C34H26O2. The Bertz CT molecular complexity index is 1470. The van der Waals surface area contributed by atoms with E-state index in [-0.39, 0.29) is 11.6 Å². The SMILES string of the molecule is CC(C(=O)/C=C/c1ccc2c(c1)Cc1ccccc1-2)C(=O)/C=C/c1ccc2c(c1)Cc1ccccc1-2. The van der Waals surface area contributed by atoms with Crippen LogP contribution in [0.15, 0.2) is 97.1 Å². The van der Waals surface area contributed by atoms with Gasteiger partial charge in [0.25, 0.3) is 0 Å². The van der Waals surface area contributed by atoms with Crippen LogP contribution in [0.1, 0.15) is 40.3 Å². The molecule has 6 rings (SSSR count). The molecule has 2 aliphatic rings. The van der Waals surface area contributed by atoms with Crippen molar-refractivity contribution in [1.29, 1.82) is 0 Å². The zero-order valence-electron chi connectivity index (χ0n) is 20.2. The minimum Gasteiger partial charge on any atom is -0.294 e. The van der Waals surface area contributed by atoms with Crippen LogP contribution in [0.3, 0.4) is 0 Å². The zero-order chi connectivity index (χ0) is 24.6. The molecule has 0 aliphatic heterocycles. The highest BCUT2D eigenvalue weighted by molar-refractivity contribution is 6.13. The molecule has 2 heteroatoms. The second-order valence-electron chi connectivity index (χ2n) is 9.69. The number of hydrogen-bond donors (Lipinski definition) is 0. The second-order valence-corrected chi connectivity index (χ2v) is 9.69. The van der Waals surface area contributed by atoms with E-state index in [1.54, 1.807) is 6.92 Å². The summed E-state index contributed by atoms with van der Waals surface area (Å²) >= 11 is 0. The van der Waals surface area contributed by atoms with Crippen LogP contribution < -0.4 is 0 Å². The van der Waals surface area contributed by atoms with Crippen molar-refractivity contribution in [3.63, 3.8) is 0 Å². The van der Waals surface area contributed by atoms with Gasteiger partial charge in [0, 0.05) is 0 Å². The fourth-order valence-corrected chi connectivity index (χ4v) is 5.32. The Kier molecular flexibility index (Phi) is 5.58. The van der Waals surface area contributed by atoms with Gasteiger partial charge in [-0.15, -0.1) is 0 Å². The zero-order valence-corrected chi connectivity index (χ0v) is 20.2. The first kappa shape index (κ1) is 22.2. The molecule has 0 atom stereocenters. The number of rotatable bonds is 6. The van der Waals surface area contributed by atoms with E-state index >= 15 is 0 Å². The number of allylic oxidation sites excluding steroid dienone is 2. The van der Waals surface area contributed by atoms with Gasteiger partial charge in [-0.25, -0.2) is 0 Å². The fraction of sp³-hybridized carbons (Fsp3) is 0.118. The molecule has 0 aromatic heterocycles. The third kappa shape index (κ3) is 4.05. The van der Waals surface area contributed by atoms with Crippen LogP contribution in [0, 0.1) is 5.92 Å². The van der Waals surface area contributed by atoms with E-state index in [0.717, 1.165) is 24.0 Å². The molecular weight excluding hydrogens is 440 g/mol. The average Bonchev–Trinajstić information content (AvgIpc) is 3.47. The van der Waals surface area contributed by atoms with Gasteiger partial charge in [-0.3, -0.25) is 9.59 Å². The van der Waals surface area contributed by atoms with Crippen LogP contribution in [0.25, 0.3) is 34.4 Å². The van der Waals surface area contributed by atoms with Gasteiger partial charge in [-0.05, 0) is 87.6 Å². The highest BCUT2D eigenvalue weighted by Gasteiger charge is 2.20. The summed E-state index contributed by atoms with van der Waals surface area (Å²) in [5, 5.41) is 0. The van der Waals surface area contributed by atoms with E-state index in [9.17, 15) is 9.59 Å². The maximum Gasteiger partial charge on any atom is 0.166 e. The molecule has 2 aliphatic carbocycles. The number of carbonyl (C=O) groups excluding carboxylic acids is 2. The van der Waals surface area contributed by atoms with Crippen molar-refractivity contribution in [2.45, 2.75) is 19.8 Å². The van der Waals surface area contributed by atoms with Crippen molar-refractivity contribution < 1.29 is 9.59 Å². The van der Waals surface area contributed by atoms with Gasteiger partial charge in [0.1, 0.15) is 0 Å².